The Bertz CT molecular complexity index is 515. The molecule has 0 spiro atoms. The second-order valence-electron chi connectivity index (χ2n) is 6.00. The first-order valence-electron chi connectivity index (χ1n) is 7.52. The van der Waals surface area contributed by atoms with Gasteiger partial charge < -0.3 is 15.4 Å². The Kier molecular flexibility index (Phi) is 6.09. The summed E-state index contributed by atoms with van der Waals surface area (Å²) >= 11 is 6.06. The van der Waals surface area contributed by atoms with Gasteiger partial charge in [0.25, 0.3) is 0 Å². The minimum absolute atomic E-state index is 0. The Hall–Kier alpha value is -0.810. The molecule has 1 aliphatic heterocycles. The fraction of sp³-hybridized carbons (Fsp3) is 0.562. The van der Waals surface area contributed by atoms with Gasteiger partial charge in [0.2, 0.25) is 5.91 Å². The van der Waals surface area contributed by atoms with Crippen molar-refractivity contribution in [3.63, 3.8) is 0 Å². The highest BCUT2D eigenvalue weighted by Crippen LogP contribution is 2.48. The Morgan fingerprint density at radius 1 is 1.45 bits per heavy atom. The lowest BCUT2D eigenvalue weighted by molar-refractivity contribution is -0.122. The minimum atomic E-state index is 0. The number of benzene rings is 1. The van der Waals surface area contributed by atoms with E-state index in [0.29, 0.717) is 19.6 Å². The molecule has 1 aromatic carbocycles. The van der Waals surface area contributed by atoms with Crippen molar-refractivity contribution in [3.8, 4) is 0 Å². The summed E-state index contributed by atoms with van der Waals surface area (Å²) in [5.74, 6) is 0.0892. The van der Waals surface area contributed by atoms with Crippen LogP contribution in [0, 0.1) is 0 Å². The number of hydrogen-bond donors (Lipinski definition) is 2. The molecule has 1 unspecified atom stereocenters. The van der Waals surface area contributed by atoms with Crippen LogP contribution < -0.4 is 10.6 Å². The second-order valence-corrected chi connectivity index (χ2v) is 6.43. The van der Waals surface area contributed by atoms with Gasteiger partial charge in [0, 0.05) is 36.0 Å². The van der Waals surface area contributed by atoms with Crippen molar-refractivity contribution < 1.29 is 9.53 Å². The van der Waals surface area contributed by atoms with Gasteiger partial charge in [-0.25, -0.2) is 0 Å². The topological polar surface area (TPSA) is 50.4 Å². The molecular weight excluding hydrogens is 323 g/mol. The summed E-state index contributed by atoms with van der Waals surface area (Å²) in [5, 5.41) is 7.13. The lowest BCUT2D eigenvalue weighted by Crippen LogP contribution is -2.45. The molecular formula is C16H22Cl2N2O2. The van der Waals surface area contributed by atoms with Crippen LogP contribution in [0.2, 0.25) is 5.02 Å². The van der Waals surface area contributed by atoms with Gasteiger partial charge in [-0.1, -0.05) is 23.7 Å². The number of carbonyl (C=O) groups excluding carboxylic acids is 1. The monoisotopic (exact) mass is 344 g/mol. The molecule has 1 amide bonds. The standard InChI is InChI=1S/C16H21ClN2O2.ClH/c17-13-3-1-2-12(8-13)16(4-5-16)11-19-15(20)9-14-10-21-7-6-18-14;/h1-3,8,14,18H,4-7,9-11H2,(H,19,20);1H. The van der Waals surface area contributed by atoms with Crippen molar-refractivity contribution in [2.75, 3.05) is 26.3 Å². The molecule has 2 N–H and O–H groups in total. The van der Waals surface area contributed by atoms with E-state index in [9.17, 15) is 4.79 Å². The highest BCUT2D eigenvalue weighted by Gasteiger charge is 2.44. The first-order valence-corrected chi connectivity index (χ1v) is 7.90. The van der Waals surface area contributed by atoms with Crippen LogP contribution in [0.5, 0.6) is 0 Å². The molecule has 22 heavy (non-hydrogen) atoms. The Balaban J connectivity index is 0.00000176. The van der Waals surface area contributed by atoms with Crippen LogP contribution in [0.4, 0.5) is 0 Å². The van der Waals surface area contributed by atoms with Gasteiger partial charge >= 0.3 is 0 Å². The summed E-state index contributed by atoms with van der Waals surface area (Å²) in [6, 6.07) is 8.11. The summed E-state index contributed by atoms with van der Waals surface area (Å²) in [5.41, 5.74) is 1.33. The SMILES string of the molecule is Cl.O=C(CC1COCCN1)NCC1(c2cccc(Cl)c2)CC1. The Labute approximate surface area is 142 Å². The van der Waals surface area contributed by atoms with E-state index in [-0.39, 0.29) is 29.8 Å². The highest BCUT2D eigenvalue weighted by atomic mass is 35.5. The van der Waals surface area contributed by atoms with Crippen molar-refractivity contribution in [2.24, 2.45) is 0 Å². The first-order chi connectivity index (χ1) is 10.2. The first kappa shape index (κ1) is 17.5. The molecule has 1 saturated carbocycles. The molecule has 0 radical (unpaired) electrons. The fourth-order valence-corrected chi connectivity index (χ4v) is 3.04. The smallest absolute Gasteiger partial charge is 0.221 e. The van der Waals surface area contributed by atoms with Gasteiger partial charge in [-0.05, 0) is 30.5 Å². The summed E-state index contributed by atoms with van der Waals surface area (Å²) in [6.45, 7) is 2.87. The van der Waals surface area contributed by atoms with Crippen LogP contribution in [-0.4, -0.2) is 38.3 Å². The molecule has 122 valence electrons. The average molecular weight is 345 g/mol. The summed E-state index contributed by atoms with van der Waals surface area (Å²) in [7, 11) is 0. The number of hydrogen-bond acceptors (Lipinski definition) is 3. The van der Waals surface area contributed by atoms with E-state index in [1.807, 2.05) is 18.2 Å². The second kappa shape index (κ2) is 7.64. The maximum atomic E-state index is 12.1. The van der Waals surface area contributed by atoms with Crippen molar-refractivity contribution in [1.29, 1.82) is 0 Å². The summed E-state index contributed by atoms with van der Waals surface area (Å²) in [4.78, 5) is 12.1. The molecule has 1 aliphatic carbocycles. The molecule has 0 bridgehead atoms. The number of nitrogens with one attached hydrogen (secondary N) is 2. The lowest BCUT2D eigenvalue weighted by atomic mass is 9.96. The van der Waals surface area contributed by atoms with Crippen molar-refractivity contribution in [1.82, 2.24) is 10.6 Å². The van der Waals surface area contributed by atoms with Crippen molar-refractivity contribution in [3.05, 3.63) is 34.9 Å². The minimum Gasteiger partial charge on any atom is -0.378 e. The van der Waals surface area contributed by atoms with Gasteiger partial charge in [-0.3, -0.25) is 4.79 Å². The molecule has 1 heterocycles. The third kappa shape index (κ3) is 4.35. The van der Waals surface area contributed by atoms with Crippen LogP contribution in [0.15, 0.2) is 24.3 Å². The molecule has 2 aliphatic rings. The molecule has 4 nitrogen and oxygen atoms in total. The number of rotatable bonds is 5. The van der Waals surface area contributed by atoms with E-state index in [0.717, 1.165) is 31.0 Å². The van der Waals surface area contributed by atoms with Crippen LogP contribution >= 0.6 is 24.0 Å². The maximum Gasteiger partial charge on any atom is 0.221 e. The molecule has 1 atom stereocenters. The predicted octanol–water partition coefficient (Wildman–Crippen LogP) is 2.29. The van der Waals surface area contributed by atoms with E-state index in [1.165, 1.54) is 5.56 Å². The highest BCUT2D eigenvalue weighted by molar-refractivity contribution is 6.30. The predicted molar refractivity (Wildman–Crippen MR) is 89.8 cm³/mol. The Morgan fingerprint density at radius 2 is 2.27 bits per heavy atom. The molecule has 6 heteroatoms. The summed E-state index contributed by atoms with van der Waals surface area (Å²) < 4.78 is 5.37. The average Bonchev–Trinajstić information content (AvgIpc) is 3.28. The van der Waals surface area contributed by atoms with E-state index < -0.39 is 0 Å². The van der Waals surface area contributed by atoms with Gasteiger partial charge in [0.1, 0.15) is 0 Å². The molecule has 1 aromatic rings. The third-order valence-corrected chi connectivity index (χ3v) is 4.58. The number of carbonyl (C=O) groups is 1. The third-order valence-electron chi connectivity index (χ3n) is 4.34. The van der Waals surface area contributed by atoms with Gasteiger partial charge in [-0.2, -0.15) is 0 Å². The van der Waals surface area contributed by atoms with E-state index in [2.05, 4.69) is 16.7 Å². The quantitative estimate of drug-likeness (QED) is 0.861. The zero-order valence-corrected chi connectivity index (χ0v) is 14.0. The number of morpholine rings is 1. The number of ether oxygens (including phenoxy) is 1. The van der Waals surface area contributed by atoms with Gasteiger partial charge in [0.15, 0.2) is 0 Å². The molecule has 1 saturated heterocycles. The fourth-order valence-electron chi connectivity index (χ4n) is 2.85. The van der Waals surface area contributed by atoms with E-state index in [1.54, 1.807) is 0 Å². The van der Waals surface area contributed by atoms with Crippen LogP contribution in [0.3, 0.4) is 0 Å². The van der Waals surface area contributed by atoms with Crippen LogP contribution in [-0.2, 0) is 14.9 Å². The molecule has 2 fully saturated rings. The Morgan fingerprint density at radius 3 is 2.91 bits per heavy atom. The number of halogens is 2. The molecule has 0 aromatic heterocycles. The zero-order valence-electron chi connectivity index (χ0n) is 12.4. The van der Waals surface area contributed by atoms with Crippen LogP contribution in [0.25, 0.3) is 0 Å². The zero-order chi connectivity index (χ0) is 14.7. The van der Waals surface area contributed by atoms with Crippen molar-refractivity contribution in [2.45, 2.75) is 30.7 Å². The van der Waals surface area contributed by atoms with E-state index in [4.69, 9.17) is 16.3 Å². The lowest BCUT2D eigenvalue weighted by Gasteiger charge is -2.24. The van der Waals surface area contributed by atoms with E-state index >= 15 is 0 Å². The number of amides is 1. The summed E-state index contributed by atoms with van der Waals surface area (Å²) in [6.07, 6.45) is 2.70. The van der Waals surface area contributed by atoms with Crippen molar-refractivity contribution >= 4 is 29.9 Å². The van der Waals surface area contributed by atoms with Gasteiger partial charge in [-0.15, -0.1) is 12.4 Å². The van der Waals surface area contributed by atoms with Crippen LogP contribution in [0.1, 0.15) is 24.8 Å². The van der Waals surface area contributed by atoms with Gasteiger partial charge in [0.05, 0.1) is 13.2 Å². The maximum absolute atomic E-state index is 12.1. The largest absolute Gasteiger partial charge is 0.378 e. The molecule has 3 rings (SSSR count). The normalized spacial score (nSPS) is 22.5.